The fraction of sp³-hybridized carbons (Fsp3) is 1.00. The molecule has 1 N–H and O–H groups in total. The molecule has 0 amide bonds. The highest BCUT2D eigenvalue weighted by Gasteiger charge is 2.38. The van der Waals surface area contributed by atoms with Crippen LogP contribution in [-0.2, 0) is 4.74 Å². The minimum absolute atomic E-state index is 0.471. The first-order valence-electron chi connectivity index (χ1n) is 5.89. The molecule has 2 saturated carbocycles. The molecule has 2 aliphatic carbocycles. The Morgan fingerprint density at radius 2 is 1.93 bits per heavy atom. The molecule has 0 aliphatic heterocycles. The van der Waals surface area contributed by atoms with Crippen LogP contribution < -0.4 is 5.32 Å². The molecule has 2 fully saturated rings. The van der Waals surface area contributed by atoms with Gasteiger partial charge >= 0.3 is 0 Å². The van der Waals surface area contributed by atoms with E-state index in [2.05, 4.69) is 19.2 Å². The molecule has 2 aliphatic rings. The van der Waals surface area contributed by atoms with Gasteiger partial charge in [-0.25, -0.2) is 0 Å². The lowest BCUT2D eigenvalue weighted by Crippen LogP contribution is -2.52. The molecule has 2 atom stereocenters. The van der Waals surface area contributed by atoms with Crippen molar-refractivity contribution in [1.29, 1.82) is 0 Å². The van der Waals surface area contributed by atoms with Crippen LogP contribution >= 0.6 is 0 Å². The maximum Gasteiger partial charge on any atom is 0.0724 e. The minimum atomic E-state index is 0.471. The third-order valence-corrected chi connectivity index (χ3v) is 3.80. The second-order valence-electron chi connectivity index (χ2n) is 5.75. The van der Waals surface area contributed by atoms with Gasteiger partial charge in [-0.1, -0.05) is 13.8 Å². The summed E-state index contributed by atoms with van der Waals surface area (Å²) in [7, 11) is 1.84. The summed E-state index contributed by atoms with van der Waals surface area (Å²) >= 11 is 0. The Kier molecular flexibility index (Phi) is 2.85. The third kappa shape index (κ3) is 2.12. The maximum absolute atomic E-state index is 5.48. The first-order chi connectivity index (χ1) is 6.61. The minimum Gasteiger partial charge on any atom is -0.380 e. The molecule has 0 aromatic rings. The second-order valence-corrected chi connectivity index (χ2v) is 5.75. The van der Waals surface area contributed by atoms with E-state index in [1.165, 1.54) is 32.1 Å². The molecule has 2 nitrogen and oxygen atoms in total. The van der Waals surface area contributed by atoms with Gasteiger partial charge in [0.15, 0.2) is 0 Å². The highest BCUT2D eigenvalue weighted by molar-refractivity contribution is 4.95. The van der Waals surface area contributed by atoms with Crippen molar-refractivity contribution in [2.75, 3.05) is 7.11 Å². The zero-order chi connectivity index (χ0) is 10.2. The number of ether oxygens (including phenoxy) is 1. The lowest BCUT2D eigenvalue weighted by molar-refractivity contribution is 0.0557. The van der Waals surface area contributed by atoms with Crippen molar-refractivity contribution >= 4 is 0 Å². The molecule has 0 aromatic heterocycles. The zero-order valence-electron chi connectivity index (χ0n) is 9.68. The number of hydrogen-bond donors (Lipinski definition) is 1. The molecule has 0 saturated heterocycles. The van der Waals surface area contributed by atoms with E-state index < -0.39 is 0 Å². The number of nitrogens with one attached hydrogen (secondary N) is 1. The fourth-order valence-corrected chi connectivity index (χ4v) is 3.09. The van der Waals surface area contributed by atoms with Crippen LogP contribution in [0.5, 0.6) is 0 Å². The van der Waals surface area contributed by atoms with Gasteiger partial charge in [-0.2, -0.15) is 0 Å². The van der Waals surface area contributed by atoms with Crippen molar-refractivity contribution in [2.45, 2.75) is 64.1 Å². The van der Waals surface area contributed by atoms with Crippen LogP contribution in [0.25, 0.3) is 0 Å². The molecule has 0 spiro atoms. The Bertz CT molecular complexity index is 194. The molecule has 0 aromatic carbocycles. The summed E-state index contributed by atoms with van der Waals surface area (Å²) in [6.07, 6.45) is 7.00. The normalized spacial score (nSPS) is 37.1. The van der Waals surface area contributed by atoms with Gasteiger partial charge in [-0.15, -0.1) is 0 Å². The highest BCUT2D eigenvalue weighted by atomic mass is 16.5. The predicted octanol–water partition coefficient (Wildman–Crippen LogP) is 2.33. The summed E-state index contributed by atoms with van der Waals surface area (Å²) < 4.78 is 5.48. The van der Waals surface area contributed by atoms with E-state index in [0.29, 0.717) is 17.6 Å². The van der Waals surface area contributed by atoms with Gasteiger partial charge in [0.1, 0.15) is 0 Å². The van der Waals surface area contributed by atoms with Crippen LogP contribution in [-0.4, -0.2) is 25.3 Å². The van der Waals surface area contributed by atoms with Gasteiger partial charge < -0.3 is 10.1 Å². The Morgan fingerprint density at radius 3 is 2.50 bits per heavy atom. The number of methoxy groups -OCH3 is 1. The molecule has 0 heterocycles. The largest absolute Gasteiger partial charge is 0.380 e. The van der Waals surface area contributed by atoms with Crippen molar-refractivity contribution in [1.82, 2.24) is 5.32 Å². The first-order valence-corrected chi connectivity index (χ1v) is 5.89. The molecule has 2 unspecified atom stereocenters. The van der Waals surface area contributed by atoms with E-state index >= 15 is 0 Å². The Hall–Kier alpha value is -0.0800. The lowest BCUT2D eigenvalue weighted by atomic mass is 9.68. The summed E-state index contributed by atoms with van der Waals surface area (Å²) in [6, 6.07) is 1.38. The average Bonchev–Trinajstić information content (AvgIpc) is 2.48. The SMILES string of the molecule is COC1CCCC1NC1CC(C)(C)C1. The molecule has 82 valence electrons. The third-order valence-electron chi connectivity index (χ3n) is 3.80. The number of hydrogen-bond acceptors (Lipinski definition) is 2. The van der Waals surface area contributed by atoms with Crippen LogP contribution in [0.3, 0.4) is 0 Å². The van der Waals surface area contributed by atoms with Crippen LogP contribution in [0.2, 0.25) is 0 Å². The van der Waals surface area contributed by atoms with E-state index in [9.17, 15) is 0 Å². The molecule has 0 bridgehead atoms. The highest BCUT2D eigenvalue weighted by Crippen LogP contribution is 2.40. The Morgan fingerprint density at radius 1 is 1.21 bits per heavy atom. The second kappa shape index (κ2) is 3.82. The van der Waals surface area contributed by atoms with Gasteiger partial charge in [0.05, 0.1) is 6.10 Å². The van der Waals surface area contributed by atoms with Crippen molar-refractivity contribution in [3.8, 4) is 0 Å². The van der Waals surface area contributed by atoms with Gasteiger partial charge in [0.2, 0.25) is 0 Å². The van der Waals surface area contributed by atoms with Crippen molar-refractivity contribution in [3.05, 3.63) is 0 Å². The average molecular weight is 197 g/mol. The van der Waals surface area contributed by atoms with Crippen molar-refractivity contribution in [3.63, 3.8) is 0 Å². The van der Waals surface area contributed by atoms with Crippen molar-refractivity contribution < 1.29 is 4.74 Å². The molecule has 2 heteroatoms. The summed E-state index contributed by atoms with van der Waals surface area (Å²) in [6.45, 7) is 4.71. The topological polar surface area (TPSA) is 21.3 Å². The Labute approximate surface area is 87.4 Å². The monoisotopic (exact) mass is 197 g/mol. The van der Waals surface area contributed by atoms with Gasteiger partial charge in [-0.3, -0.25) is 0 Å². The van der Waals surface area contributed by atoms with Crippen LogP contribution in [0.15, 0.2) is 0 Å². The molecule has 14 heavy (non-hydrogen) atoms. The van der Waals surface area contributed by atoms with E-state index in [4.69, 9.17) is 4.74 Å². The van der Waals surface area contributed by atoms with Gasteiger partial charge in [0, 0.05) is 19.2 Å². The summed E-state index contributed by atoms with van der Waals surface area (Å²) in [5, 5.41) is 3.75. The predicted molar refractivity (Wildman–Crippen MR) is 58.4 cm³/mol. The lowest BCUT2D eigenvalue weighted by Gasteiger charge is -2.44. The smallest absolute Gasteiger partial charge is 0.0724 e. The standard InChI is InChI=1S/C12H23NO/c1-12(2)7-9(8-12)13-10-5-4-6-11(10)14-3/h9-11,13H,4-8H2,1-3H3. The van der Waals surface area contributed by atoms with Crippen LogP contribution in [0, 0.1) is 5.41 Å². The van der Waals surface area contributed by atoms with Crippen molar-refractivity contribution in [2.24, 2.45) is 5.41 Å². The zero-order valence-corrected chi connectivity index (χ0v) is 9.68. The summed E-state index contributed by atoms with van der Waals surface area (Å²) in [4.78, 5) is 0. The fourth-order valence-electron chi connectivity index (χ4n) is 3.09. The molecule has 2 rings (SSSR count). The first kappa shape index (κ1) is 10.4. The van der Waals surface area contributed by atoms with Crippen LogP contribution in [0.4, 0.5) is 0 Å². The summed E-state index contributed by atoms with van der Waals surface area (Å²) in [5.41, 5.74) is 0.582. The Balaban J connectivity index is 1.76. The quantitative estimate of drug-likeness (QED) is 0.750. The molecule has 0 radical (unpaired) electrons. The van der Waals surface area contributed by atoms with E-state index in [1.54, 1.807) is 0 Å². The molecular weight excluding hydrogens is 174 g/mol. The number of rotatable bonds is 3. The van der Waals surface area contributed by atoms with Gasteiger partial charge in [-0.05, 0) is 37.5 Å². The van der Waals surface area contributed by atoms with Crippen LogP contribution in [0.1, 0.15) is 46.0 Å². The summed E-state index contributed by atoms with van der Waals surface area (Å²) in [5.74, 6) is 0. The van der Waals surface area contributed by atoms with E-state index in [1.807, 2.05) is 7.11 Å². The van der Waals surface area contributed by atoms with E-state index in [0.717, 1.165) is 6.04 Å². The van der Waals surface area contributed by atoms with Gasteiger partial charge in [0.25, 0.3) is 0 Å². The maximum atomic E-state index is 5.48. The van der Waals surface area contributed by atoms with E-state index in [-0.39, 0.29) is 0 Å². The molecular formula is C12H23NO.